The fourth-order valence-electron chi connectivity index (χ4n) is 4.81. The van der Waals surface area contributed by atoms with Crippen molar-refractivity contribution in [3.8, 4) is 0 Å². The van der Waals surface area contributed by atoms with Crippen LogP contribution in [0.1, 0.15) is 53.4 Å². The molecule has 0 heterocycles. The minimum absolute atomic E-state index is 0.116. The van der Waals surface area contributed by atoms with E-state index in [0.717, 1.165) is 5.92 Å². The van der Waals surface area contributed by atoms with Crippen molar-refractivity contribution in [3.63, 3.8) is 0 Å². The van der Waals surface area contributed by atoms with Crippen LogP contribution in [-0.2, 0) is 0 Å². The van der Waals surface area contributed by atoms with Crippen molar-refractivity contribution in [2.45, 2.75) is 59.5 Å². The Morgan fingerprint density at radius 3 is 2.44 bits per heavy atom. The van der Waals surface area contributed by atoms with Crippen molar-refractivity contribution < 1.29 is 5.11 Å². The molecular formula is C15H24O. The summed E-state index contributed by atoms with van der Waals surface area (Å²) in [6, 6.07) is 0. The summed E-state index contributed by atoms with van der Waals surface area (Å²) in [5.41, 5.74) is 3.86. The zero-order valence-corrected chi connectivity index (χ0v) is 11.0. The molecule has 4 atom stereocenters. The van der Waals surface area contributed by atoms with Gasteiger partial charge in [-0.05, 0) is 49.4 Å². The molecule has 0 aromatic heterocycles. The molecule has 1 N–H and O–H groups in total. The second-order valence-electron chi connectivity index (χ2n) is 7.35. The van der Waals surface area contributed by atoms with Crippen molar-refractivity contribution in [3.05, 3.63) is 11.1 Å². The van der Waals surface area contributed by atoms with Gasteiger partial charge in [-0.2, -0.15) is 0 Å². The fraction of sp³-hybridized carbons (Fsp3) is 0.867. The van der Waals surface area contributed by atoms with Crippen molar-refractivity contribution in [1.82, 2.24) is 0 Å². The van der Waals surface area contributed by atoms with Crippen LogP contribution < -0.4 is 0 Å². The van der Waals surface area contributed by atoms with Crippen LogP contribution in [0, 0.1) is 22.7 Å². The molecule has 1 nitrogen and oxygen atoms in total. The average molecular weight is 220 g/mol. The maximum atomic E-state index is 10.5. The third-order valence-electron chi connectivity index (χ3n) is 5.78. The second kappa shape index (κ2) is 2.93. The Bertz CT molecular complexity index is 366. The second-order valence-corrected chi connectivity index (χ2v) is 7.35. The van der Waals surface area contributed by atoms with E-state index in [4.69, 9.17) is 0 Å². The Morgan fingerprint density at radius 1 is 1.19 bits per heavy atom. The van der Waals surface area contributed by atoms with Crippen LogP contribution in [0.4, 0.5) is 0 Å². The van der Waals surface area contributed by atoms with Gasteiger partial charge >= 0.3 is 0 Å². The molecule has 90 valence electrons. The van der Waals surface area contributed by atoms with Crippen molar-refractivity contribution in [1.29, 1.82) is 0 Å². The fourth-order valence-corrected chi connectivity index (χ4v) is 4.81. The Morgan fingerprint density at radius 2 is 1.88 bits per heavy atom. The van der Waals surface area contributed by atoms with Crippen LogP contribution in [0.3, 0.4) is 0 Å². The molecule has 0 bridgehead atoms. The van der Waals surface area contributed by atoms with Gasteiger partial charge in [0.1, 0.15) is 0 Å². The lowest BCUT2D eigenvalue weighted by Gasteiger charge is -2.51. The average Bonchev–Trinajstić information content (AvgIpc) is 2.34. The summed E-state index contributed by atoms with van der Waals surface area (Å²) in [4.78, 5) is 0. The number of fused-ring (bicyclic) bond motifs is 2. The third-order valence-corrected chi connectivity index (χ3v) is 5.78. The van der Waals surface area contributed by atoms with Gasteiger partial charge in [0.05, 0.1) is 6.10 Å². The first-order valence-corrected chi connectivity index (χ1v) is 6.73. The molecule has 2 fully saturated rings. The number of rotatable bonds is 0. The molecule has 3 aliphatic carbocycles. The molecule has 0 aliphatic heterocycles. The summed E-state index contributed by atoms with van der Waals surface area (Å²) in [6.07, 6.45) is 5.08. The van der Waals surface area contributed by atoms with E-state index in [1.165, 1.54) is 25.7 Å². The highest BCUT2D eigenvalue weighted by Gasteiger charge is 2.55. The monoisotopic (exact) mass is 220 g/mol. The van der Waals surface area contributed by atoms with Gasteiger partial charge in [0.15, 0.2) is 0 Å². The van der Waals surface area contributed by atoms with Crippen LogP contribution in [0.15, 0.2) is 11.1 Å². The van der Waals surface area contributed by atoms with E-state index < -0.39 is 0 Å². The summed E-state index contributed by atoms with van der Waals surface area (Å²) >= 11 is 0. The van der Waals surface area contributed by atoms with Crippen LogP contribution in [0.2, 0.25) is 0 Å². The zero-order chi connectivity index (χ0) is 11.7. The van der Waals surface area contributed by atoms with E-state index in [2.05, 4.69) is 27.7 Å². The molecule has 0 radical (unpaired) electrons. The molecule has 0 aromatic carbocycles. The van der Waals surface area contributed by atoms with Crippen LogP contribution in [-0.4, -0.2) is 11.2 Å². The minimum atomic E-state index is -0.116. The Balaban J connectivity index is 2.02. The minimum Gasteiger partial charge on any atom is -0.392 e. The van der Waals surface area contributed by atoms with Gasteiger partial charge in [-0.25, -0.2) is 0 Å². The van der Waals surface area contributed by atoms with E-state index in [9.17, 15) is 5.11 Å². The van der Waals surface area contributed by atoms with Crippen molar-refractivity contribution in [2.75, 3.05) is 0 Å². The maximum absolute atomic E-state index is 10.5. The smallest absolute Gasteiger partial charge is 0.0659 e. The van der Waals surface area contributed by atoms with Gasteiger partial charge in [0.25, 0.3) is 0 Å². The molecule has 3 aliphatic rings. The highest BCUT2D eigenvalue weighted by molar-refractivity contribution is 5.35. The van der Waals surface area contributed by atoms with E-state index in [0.29, 0.717) is 11.3 Å². The number of allylic oxidation sites excluding steroid dienone is 1. The highest BCUT2D eigenvalue weighted by Crippen LogP contribution is 2.63. The first kappa shape index (κ1) is 10.8. The molecule has 0 amide bonds. The quantitative estimate of drug-likeness (QED) is 0.619. The topological polar surface area (TPSA) is 20.2 Å². The summed E-state index contributed by atoms with van der Waals surface area (Å²) in [7, 11) is 0. The van der Waals surface area contributed by atoms with Gasteiger partial charge in [0, 0.05) is 5.92 Å². The highest BCUT2D eigenvalue weighted by atomic mass is 16.3. The van der Waals surface area contributed by atoms with E-state index in [-0.39, 0.29) is 11.5 Å². The summed E-state index contributed by atoms with van der Waals surface area (Å²) in [5, 5.41) is 10.5. The van der Waals surface area contributed by atoms with Crippen LogP contribution in [0.5, 0.6) is 0 Å². The van der Waals surface area contributed by atoms with Crippen LogP contribution >= 0.6 is 0 Å². The van der Waals surface area contributed by atoms with Gasteiger partial charge in [-0.15, -0.1) is 0 Å². The summed E-state index contributed by atoms with van der Waals surface area (Å²) in [5.74, 6) is 1.21. The number of aliphatic hydroxyl groups excluding tert-OH is 1. The van der Waals surface area contributed by atoms with Gasteiger partial charge in [-0.3, -0.25) is 0 Å². The third kappa shape index (κ3) is 1.16. The van der Waals surface area contributed by atoms with Gasteiger partial charge < -0.3 is 5.11 Å². The predicted octanol–water partition coefficient (Wildman–Crippen LogP) is 3.53. The standard InChI is InChI=1S/C15H24O/c1-9-11-5-6-15(11,4)8-10-7-14(2,3)13(16)12(9)10/h10,12-13,16H,5-8H2,1-4H3/t10-,12-,13-,15-/m0/s1. The van der Waals surface area contributed by atoms with E-state index >= 15 is 0 Å². The van der Waals surface area contributed by atoms with Gasteiger partial charge in [0.2, 0.25) is 0 Å². The predicted molar refractivity (Wildman–Crippen MR) is 66.0 cm³/mol. The molecule has 16 heavy (non-hydrogen) atoms. The zero-order valence-electron chi connectivity index (χ0n) is 11.0. The molecule has 1 heteroatoms. The first-order valence-electron chi connectivity index (χ1n) is 6.73. The van der Waals surface area contributed by atoms with E-state index in [1.54, 1.807) is 11.1 Å². The number of aliphatic hydroxyl groups is 1. The Hall–Kier alpha value is -0.300. The van der Waals surface area contributed by atoms with Crippen molar-refractivity contribution in [2.24, 2.45) is 22.7 Å². The molecular weight excluding hydrogens is 196 g/mol. The first-order chi connectivity index (χ1) is 7.35. The Labute approximate surface area is 98.9 Å². The molecule has 3 rings (SSSR count). The molecule has 0 saturated heterocycles. The molecule has 2 saturated carbocycles. The Kier molecular flexibility index (Phi) is 1.98. The lowest BCUT2D eigenvalue weighted by Crippen LogP contribution is -2.41. The molecule has 0 spiro atoms. The maximum Gasteiger partial charge on any atom is 0.0659 e. The molecule has 0 unspecified atom stereocenters. The van der Waals surface area contributed by atoms with Gasteiger partial charge in [-0.1, -0.05) is 31.9 Å². The lowest BCUT2D eigenvalue weighted by atomic mass is 9.54. The van der Waals surface area contributed by atoms with Crippen molar-refractivity contribution >= 4 is 0 Å². The molecule has 0 aromatic rings. The van der Waals surface area contributed by atoms with E-state index in [1.807, 2.05) is 0 Å². The largest absolute Gasteiger partial charge is 0.392 e. The summed E-state index contributed by atoms with van der Waals surface area (Å²) < 4.78 is 0. The SMILES string of the molecule is CC1=C2CC[C@@]2(C)C[C@@H]2CC(C)(C)[C@@H](O)[C@@H]12. The number of hydrogen-bond donors (Lipinski definition) is 1. The lowest BCUT2D eigenvalue weighted by molar-refractivity contribution is 0.0452. The van der Waals surface area contributed by atoms with Crippen LogP contribution in [0.25, 0.3) is 0 Å². The summed E-state index contributed by atoms with van der Waals surface area (Å²) in [6.45, 7) is 9.19. The number of hydrogen-bond acceptors (Lipinski definition) is 1. The normalized spacial score (nSPS) is 49.7.